The Bertz CT molecular complexity index is 1160. The van der Waals surface area contributed by atoms with E-state index in [9.17, 15) is 26.4 Å². The Morgan fingerprint density at radius 1 is 1.16 bits per heavy atom. The maximum atomic E-state index is 13.3. The molecule has 2 aromatic rings. The lowest BCUT2D eigenvalue weighted by Gasteiger charge is -2.29. The van der Waals surface area contributed by atoms with Crippen LogP contribution in [0.1, 0.15) is 29.5 Å². The Morgan fingerprint density at radius 3 is 2.58 bits per heavy atom. The number of alkyl halides is 3. The smallest absolute Gasteiger partial charge is 0.343 e. The zero-order chi connectivity index (χ0) is 22.4. The summed E-state index contributed by atoms with van der Waals surface area (Å²) in [4.78, 5) is 16.1. The maximum Gasteiger partial charge on any atom is 0.416 e. The highest BCUT2D eigenvalue weighted by atomic mass is 32.2. The van der Waals surface area contributed by atoms with E-state index in [1.54, 1.807) is 23.1 Å². The summed E-state index contributed by atoms with van der Waals surface area (Å²) in [5, 5.41) is 0. The Morgan fingerprint density at radius 2 is 1.84 bits per heavy atom. The summed E-state index contributed by atoms with van der Waals surface area (Å²) in [6, 6.07) is 10.9. The van der Waals surface area contributed by atoms with Crippen molar-refractivity contribution in [2.45, 2.75) is 36.5 Å². The van der Waals surface area contributed by atoms with Gasteiger partial charge in [0.1, 0.15) is 10.9 Å². The lowest BCUT2D eigenvalue weighted by molar-refractivity contribution is -0.140. The largest absolute Gasteiger partial charge is 0.416 e. The van der Waals surface area contributed by atoms with Gasteiger partial charge in [-0.1, -0.05) is 30.3 Å². The van der Waals surface area contributed by atoms with Crippen LogP contribution in [0, 0.1) is 0 Å². The Hall–Kier alpha value is -2.88. The minimum atomic E-state index is -4.52. The summed E-state index contributed by atoms with van der Waals surface area (Å²) in [6.07, 6.45) is -3.41. The van der Waals surface area contributed by atoms with E-state index in [2.05, 4.69) is 4.40 Å². The maximum absolute atomic E-state index is 13.3. The molecule has 0 N–H and O–H groups in total. The number of halogens is 3. The number of amidine groups is 1. The summed E-state index contributed by atoms with van der Waals surface area (Å²) in [6.45, 7) is 0.228. The molecule has 2 heterocycles. The van der Waals surface area contributed by atoms with Crippen molar-refractivity contribution in [1.29, 1.82) is 0 Å². The van der Waals surface area contributed by atoms with E-state index in [0.717, 1.165) is 6.07 Å². The molecule has 2 aromatic carbocycles. The summed E-state index contributed by atoms with van der Waals surface area (Å²) in [5.74, 6) is -0.158. The van der Waals surface area contributed by atoms with Crippen LogP contribution < -0.4 is 0 Å². The van der Waals surface area contributed by atoms with Gasteiger partial charge in [-0.2, -0.15) is 21.6 Å². The Balaban J connectivity index is 1.59. The SMILES string of the molecule is CN(Cc1ccccc1C(F)(F)F)C(=O)[C@@H]1CCCN1C1=NS(=O)(=O)c2ccccc21. The predicted octanol–water partition coefficient (Wildman–Crippen LogP) is 3.28. The highest BCUT2D eigenvalue weighted by Crippen LogP contribution is 2.34. The van der Waals surface area contributed by atoms with Crippen LogP contribution in [0.4, 0.5) is 13.2 Å². The van der Waals surface area contributed by atoms with Gasteiger partial charge in [0.05, 0.1) is 5.56 Å². The van der Waals surface area contributed by atoms with Gasteiger partial charge in [0.15, 0.2) is 5.84 Å². The van der Waals surface area contributed by atoms with Crippen molar-refractivity contribution in [3.8, 4) is 0 Å². The van der Waals surface area contributed by atoms with Gasteiger partial charge in [0.2, 0.25) is 5.91 Å². The van der Waals surface area contributed by atoms with E-state index < -0.39 is 27.8 Å². The molecule has 0 aromatic heterocycles. The number of rotatable bonds is 3. The molecule has 2 aliphatic heterocycles. The molecule has 0 aliphatic carbocycles. The average Bonchev–Trinajstić information content (AvgIpc) is 3.30. The zero-order valence-electron chi connectivity index (χ0n) is 16.6. The first kappa shape index (κ1) is 21.4. The van der Waals surface area contributed by atoms with Gasteiger partial charge in [-0.05, 0) is 36.6 Å². The molecular formula is C21H20F3N3O3S. The molecule has 2 aliphatic rings. The Kier molecular flexibility index (Phi) is 5.28. The van der Waals surface area contributed by atoms with Crippen molar-refractivity contribution in [2.24, 2.45) is 4.40 Å². The third-order valence-corrected chi connectivity index (χ3v) is 6.85. The second-order valence-electron chi connectivity index (χ2n) is 7.59. The molecule has 0 radical (unpaired) electrons. The predicted molar refractivity (Wildman–Crippen MR) is 108 cm³/mol. The molecule has 0 spiro atoms. The molecule has 6 nitrogen and oxygen atoms in total. The van der Waals surface area contributed by atoms with E-state index in [1.807, 2.05) is 0 Å². The fraction of sp³-hybridized carbons (Fsp3) is 0.333. The minimum Gasteiger partial charge on any atom is -0.343 e. The molecule has 1 saturated heterocycles. The third-order valence-electron chi connectivity index (χ3n) is 5.53. The number of amides is 1. The van der Waals surface area contributed by atoms with Crippen LogP contribution in [0.5, 0.6) is 0 Å². The van der Waals surface area contributed by atoms with Crippen molar-refractivity contribution in [3.05, 3.63) is 65.2 Å². The monoisotopic (exact) mass is 451 g/mol. The van der Waals surface area contributed by atoms with Crippen LogP contribution in [-0.2, 0) is 27.5 Å². The van der Waals surface area contributed by atoms with Gasteiger partial charge in [0.25, 0.3) is 10.0 Å². The van der Waals surface area contributed by atoms with Gasteiger partial charge in [-0.25, -0.2) is 0 Å². The van der Waals surface area contributed by atoms with Crippen molar-refractivity contribution < 1.29 is 26.4 Å². The number of hydrogen-bond donors (Lipinski definition) is 0. The number of likely N-dealkylation sites (tertiary alicyclic amines) is 1. The first-order valence-corrected chi connectivity index (χ1v) is 11.1. The summed E-state index contributed by atoms with van der Waals surface area (Å²) in [5.41, 5.74) is -0.341. The van der Waals surface area contributed by atoms with E-state index in [-0.39, 0.29) is 28.7 Å². The van der Waals surface area contributed by atoms with Crippen molar-refractivity contribution >= 4 is 21.8 Å². The summed E-state index contributed by atoms with van der Waals surface area (Å²) >= 11 is 0. The number of carbonyl (C=O) groups excluding carboxylic acids is 1. The molecular weight excluding hydrogens is 431 g/mol. The highest BCUT2D eigenvalue weighted by Gasteiger charge is 2.40. The highest BCUT2D eigenvalue weighted by molar-refractivity contribution is 7.90. The average molecular weight is 451 g/mol. The van der Waals surface area contributed by atoms with Crippen LogP contribution in [0.15, 0.2) is 57.8 Å². The second-order valence-corrected chi connectivity index (χ2v) is 9.16. The van der Waals surface area contributed by atoms with E-state index in [4.69, 9.17) is 0 Å². The standard InChI is InChI=1S/C21H20F3N3O3S/c1-26(13-14-7-2-4-9-16(14)21(22,23)24)20(28)17-10-6-12-27(17)19-15-8-3-5-11-18(15)31(29,30)25-19/h2-5,7-9,11,17H,6,10,12-13H2,1H3/t17-/m0/s1. The molecule has 0 unspecified atom stereocenters. The van der Waals surface area contributed by atoms with Gasteiger partial charge >= 0.3 is 6.18 Å². The second kappa shape index (κ2) is 7.67. The normalized spacial score (nSPS) is 19.8. The molecule has 1 fully saturated rings. The van der Waals surface area contributed by atoms with Gasteiger partial charge in [0, 0.05) is 25.7 Å². The fourth-order valence-corrected chi connectivity index (χ4v) is 5.31. The number of hydrogen-bond acceptors (Lipinski definition) is 4. The number of carbonyl (C=O) groups is 1. The van der Waals surface area contributed by atoms with E-state index in [1.165, 1.54) is 36.2 Å². The lowest BCUT2D eigenvalue weighted by Crippen LogP contribution is -2.46. The van der Waals surface area contributed by atoms with Crippen molar-refractivity contribution in [3.63, 3.8) is 0 Å². The number of benzene rings is 2. The third kappa shape index (κ3) is 3.91. The van der Waals surface area contributed by atoms with Gasteiger partial charge < -0.3 is 9.80 Å². The van der Waals surface area contributed by atoms with Crippen molar-refractivity contribution in [2.75, 3.05) is 13.6 Å². The molecule has 0 saturated carbocycles. The zero-order valence-corrected chi connectivity index (χ0v) is 17.4. The van der Waals surface area contributed by atoms with Crippen LogP contribution in [0.25, 0.3) is 0 Å². The molecule has 1 amide bonds. The van der Waals surface area contributed by atoms with Crippen LogP contribution in [0.2, 0.25) is 0 Å². The molecule has 31 heavy (non-hydrogen) atoms. The number of nitrogens with zero attached hydrogens (tertiary/aromatic N) is 3. The molecule has 1 atom stereocenters. The number of sulfonamides is 1. The van der Waals surface area contributed by atoms with E-state index >= 15 is 0 Å². The number of likely N-dealkylation sites (N-methyl/N-ethyl adjacent to an activating group) is 1. The molecule has 164 valence electrons. The molecule has 0 bridgehead atoms. The molecule has 4 rings (SSSR count). The van der Waals surface area contributed by atoms with Gasteiger partial charge in [-0.15, -0.1) is 4.40 Å². The van der Waals surface area contributed by atoms with Crippen molar-refractivity contribution in [1.82, 2.24) is 9.80 Å². The van der Waals surface area contributed by atoms with E-state index in [0.29, 0.717) is 24.9 Å². The van der Waals surface area contributed by atoms with Crippen LogP contribution in [-0.4, -0.2) is 49.6 Å². The first-order chi connectivity index (χ1) is 14.6. The molecule has 10 heteroatoms. The van der Waals surface area contributed by atoms with Crippen LogP contribution in [0.3, 0.4) is 0 Å². The Labute approximate surface area is 178 Å². The minimum absolute atomic E-state index is 0.00141. The van der Waals surface area contributed by atoms with Gasteiger partial charge in [-0.3, -0.25) is 4.79 Å². The fourth-order valence-electron chi connectivity index (χ4n) is 4.10. The van der Waals surface area contributed by atoms with Crippen LogP contribution >= 0.6 is 0 Å². The topological polar surface area (TPSA) is 70.1 Å². The summed E-state index contributed by atoms with van der Waals surface area (Å²) < 4.78 is 68.6. The quantitative estimate of drug-likeness (QED) is 0.718. The lowest BCUT2D eigenvalue weighted by atomic mass is 10.1. The summed E-state index contributed by atoms with van der Waals surface area (Å²) in [7, 11) is -2.38. The first-order valence-electron chi connectivity index (χ1n) is 9.70. The number of fused-ring (bicyclic) bond motifs is 1.